The van der Waals surface area contributed by atoms with Gasteiger partial charge in [0, 0.05) is 6.54 Å². The Kier molecular flexibility index (Phi) is 4.17. The Hall–Kier alpha value is -0.880. The average molecular weight is 300 g/mol. The van der Waals surface area contributed by atoms with Gasteiger partial charge in [0.1, 0.15) is 16.6 Å². The van der Waals surface area contributed by atoms with Crippen LogP contribution in [0.25, 0.3) is 0 Å². The van der Waals surface area contributed by atoms with Crippen molar-refractivity contribution in [2.75, 3.05) is 17.3 Å². The van der Waals surface area contributed by atoms with Crippen molar-refractivity contribution in [3.63, 3.8) is 0 Å². The molecule has 1 aromatic rings. The molecule has 6 heteroatoms. The second-order valence-corrected chi connectivity index (χ2v) is 5.37. The molecule has 1 aromatic heterocycles. The van der Waals surface area contributed by atoms with E-state index in [1.807, 2.05) is 0 Å². The maximum atomic E-state index is 5.36. The molecule has 0 aliphatic heterocycles. The molecular formula is C11H18BrN5. The number of hydrogen-bond acceptors (Lipinski definition) is 5. The molecule has 5 nitrogen and oxygen atoms in total. The van der Waals surface area contributed by atoms with Crippen LogP contribution in [0.2, 0.25) is 0 Å². The third kappa shape index (κ3) is 2.87. The monoisotopic (exact) mass is 299 g/mol. The first-order valence-electron chi connectivity index (χ1n) is 5.93. The van der Waals surface area contributed by atoms with Crippen LogP contribution in [0.1, 0.15) is 26.2 Å². The van der Waals surface area contributed by atoms with Crippen molar-refractivity contribution in [1.29, 1.82) is 0 Å². The average Bonchev–Trinajstić information content (AvgIpc) is 2.74. The Morgan fingerprint density at radius 1 is 1.41 bits per heavy atom. The summed E-state index contributed by atoms with van der Waals surface area (Å²) < 4.78 is 0.785. The molecule has 1 aliphatic rings. The molecule has 17 heavy (non-hydrogen) atoms. The Bertz CT molecular complexity index is 384. The van der Waals surface area contributed by atoms with Crippen LogP contribution in [-0.2, 0) is 0 Å². The summed E-state index contributed by atoms with van der Waals surface area (Å²) in [4.78, 5) is 8.23. The van der Waals surface area contributed by atoms with Gasteiger partial charge in [0.15, 0.2) is 5.82 Å². The first-order valence-corrected chi connectivity index (χ1v) is 6.72. The summed E-state index contributed by atoms with van der Waals surface area (Å²) >= 11 is 3.44. The Morgan fingerprint density at radius 3 is 2.82 bits per heavy atom. The molecule has 0 radical (unpaired) electrons. The van der Waals surface area contributed by atoms with Gasteiger partial charge in [0.2, 0.25) is 0 Å². The van der Waals surface area contributed by atoms with Crippen LogP contribution < -0.4 is 16.6 Å². The highest BCUT2D eigenvalue weighted by atomic mass is 79.9. The van der Waals surface area contributed by atoms with Crippen molar-refractivity contribution in [3.8, 4) is 0 Å². The summed E-state index contributed by atoms with van der Waals surface area (Å²) in [5.74, 6) is 8.30. The summed E-state index contributed by atoms with van der Waals surface area (Å²) in [6, 6.07) is 0. The molecule has 0 aromatic carbocycles. The zero-order valence-electron chi connectivity index (χ0n) is 9.91. The van der Waals surface area contributed by atoms with Gasteiger partial charge in [-0.2, -0.15) is 0 Å². The third-order valence-electron chi connectivity index (χ3n) is 3.50. The third-order valence-corrected chi connectivity index (χ3v) is 4.25. The minimum absolute atomic E-state index is 0.599. The van der Waals surface area contributed by atoms with Crippen LogP contribution in [0, 0.1) is 11.8 Å². The van der Waals surface area contributed by atoms with E-state index in [-0.39, 0.29) is 0 Å². The van der Waals surface area contributed by atoms with Crippen molar-refractivity contribution in [1.82, 2.24) is 9.97 Å². The lowest BCUT2D eigenvalue weighted by Gasteiger charge is -2.17. The minimum atomic E-state index is 0.599. The van der Waals surface area contributed by atoms with Gasteiger partial charge in [-0.25, -0.2) is 15.8 Å². The van der Waals surface area contributed by atoms with E-state index < -0.39 is 0 Å². The van der Waals surface area contributed by atoms with Crippen molar-refractivity contribution in [2.24, 2.45) is 17.7 Å². The number of nitrogen functional groups attached to an aromatic ring is 1. The van der Waals surface area contributed by atoms with Crippen molar-refractivity contribution < 1.29 is 0 Å². The largest absolute Gasteiger partial charge is 0.369 e. The summed E-state index contributed by atoms with van der Waals surface area (Å²) in [7, 11) is 0. The topological polar surface area (TPSA) is 75.9 Å². The van der Waals surface area contributed by atoms with E-state index in [9.17, 15) is 0 Å². The molecule has 2 rings (SSSR count). The normalized spacial score (nSPS) is 23.7. The second-order valence-electron chi connectivity index (χ2n) is 4.58. The maximum absolute atomic E-state index is 5.36. The molecule has 0 bridgehead atoms. The highest BCUT2D eigenvalue weighted by molar-refractivity contribution is 9.10. The summed E-state index contributed by atoms with van der Waals surface area (Å²) in [6.07, 6.45) is 5.49. The number of nitrogens with one attached hydrogen (secondary N) is 2. The van der Waals surface area contributed by atoms with Crippen LogP contribution in [-0.4, -0.2) is 16.5 Å². The van der Waals surface area contributed by atoms with Crippen LogP contribution in [0.3, 0.4) is 0 Å². The molecular weight excluding hydrogens is 282 g/mol. The Balaban J connectivity index is 1.99. The van der Waals surface area contributed by atoms with Crippen LogP contribution in [0.15, 0.2) is 10.8 Å². The van der Waals surface area contributed by atoms with E-state index >= 15 is 0 Å². The number of halogens is 1. The standard InChI is InChI=1S/C11H18BrN5/c1-7-3-2-4-8(7)5-14-10-9(12)11(17-13)16-6-15-10/h6-8H,2-5,13H2,1H3,(H2,14,15,16,17). The first kappa shape index (κ1) is 12.6. The lowest BCUT2D eigenvalue weighted by molar-refractivity contribution is 0.439. The molecule has 0 amide bonds. The molecule has 1 fully saturated rings. The highest BCUT2D eigenvalue weighted by Crippen LogP contribution is 2.32. The molecule has 1 heterocycles. The van der Waals surface area contributed by atoms with Gasteiger partial charge >= 0.3 is 0 Å². The Labute approximate surface area is 110 Å². The van der Waals surface area contributed by atoms with E-state index in [1.165, 1.54) is 25.6 Å². The summed E-state index contributed by atoms with van der Waals surface area (Å²) in [6.45, 7) is 3.28. The fraction of sp³-hybridized carbons (Fsp3) is 0.636. The first-order chi connectivity index (χ1) is 8.22. The summed E-state index contributed by atoms with van der Waals surface area (Å²) in [5.41, 5.74) is 2.53. The zero-order valence-corrected chi connectivity index (χ0v) is 11.5. The maximum Gasteiger partial charge on any atom is 0.159 e. The number of aromatic nitrogens is 2. The number of rotatable bonds is 4. The van der Waals surface area contributed by atoms with Gasteiger partial charge in [-0.3, -0.25) is 0 Å². The van der Waals surface area contributed by atoms with E-state index in [2.05, 4.69) is 43.6 Å². The zero-order chi connectivity index (χ0) is 12.3. The number of hydrogen-bond donors (Lipinski definition) is 3. The number of hydrazine groups is 1. The Morgan fingerprint density at radius 2 is 2.18 bits per heavy atom. The molecule has 4 N–H and O–H groups in total. The minimum Gasteiger partial charge on any atom is -0.369 e. The smallest absolute Gasteiger partial charge is 0.159 e. The van der Waals surface area contributed by atoms with Crippen LogP contribution in [0.5, 0.6) is 0 Å². The fourth-order valence-corrected chi connectivity index (χ4v) is 2.81. The van der Waals surface area contributed by atoms with Gasteiger partial charge in [-0.1, -0.05) is 19.8 Å². The van der Waals surface area contributed by atoms with Crippen molar-refractivity contribution in [3.05, 3.63) is 10.8 Å². The molecule has 1 aliphatic carbocycles. The van der Waals surface area contributed by atoms with Gasteiger partial charge in [0.05, 0.1) is 0 Å². The molecule has 2 unspecified atom stereocenters. The quantitative estimate of drug-likeness (QED) is 0.588. The van der Waals surface area contributed by atoms with Gasteiger partial charge in [-0.05, 0) is 34.2 Å². The lowest BCUT2D eigenvalue weighted by Crippen LogP contribution is -2.18. The molecule has 0 saturated heterocycles. The van der Waals surface area contributed by atoms with E-state index in [0.29, 0.717) is 5.82 Å². The summed E-state index contributed by atoms with van der Waals surface area (Å²) in [5, 5.41) is 3.37. The molecule has 2 atom stereocenters. The predicted molar refractivity (Wildman–Crippen MR) is 72.5 cm³/mol. The SMILES string of the molecule is CC1CCCC1CNc1ncnc(NN)c1Br. The van der Waals surface area contributed by atoms with Gasteiger partial charge < -0.3 is 10.7 Å². The van der Waals surface area contributed by atoms with E-state index in [4.69, 9.17) is 5.84 Å². The predicted octanol–water partition coefficient (Wildman–Crippen LogP) is 2.37. The van der Waals surface area contributed by atoms with Gasteiger partial charge in [-0.15, -0.1) is 0 Å². The molecule has 0 spiro atoms. The fourth-order valence-electron chi connectivity index (χ4n) is 2.35. The molecule has 94 valence electrons. The van der Waals surface area contributed by atoms with Gasteiger partial charge in [0.25, 0.3) is 0 Å². The van der Waals surface area contributed by atoms with E-state index in [0.717, 1.165) is 28.7 Å². The number of nitrogens with two attached hydrogens (primary N) is 1. The van der Waals surface area contributed by atoms with E-state index in [1.54, 1.807) is 0 Å². The van der Waals surface area contributed by atoms with Crippen LogP contribution in [0.4, 0.5) is 11.6 Å². The van der Waals surface area contributed by atoms with Crippen molar-refractivity contribution >= 4 is 27.6 Å². The highest BCUT2D eigenvalue weighted by Gasteiger charge is 2.23. The van der Waals surface area contributed by atoms with Crippen molar-refractivity contribution in [2.45, 2.75) is 26.2 Å². The lowest BCUT2D eigenvalue weighted by atomic mass is 9.98. The number of nitrogens with zero attached hydrogens (tertiary/aromatic N) is 2. The molecule has 1 saturated carbocycles. The second kappa shape index (κ2) is 5.64. The van der Waals surface area contributed by atoms with Crippen LogP contribution >= 0.6 is 15.9 Å². The number of anilines is 2.